The minimum Gasteiger partial charge on any atom is -0.443 e. The smallest absolute Gasteiger partial charge is 0.414 e. The maximum atomic E-state index is 12.9. The summed E-state index contributed by atoms with van der Waals surface area (Å²) in [6, 6.07) is 8.28. The zero-order valence-electron chi connectivity index (χ0n) is 12.1. The van der Waals surface area contributed by atoms with Crippen LogP contribution < -0.4 is 9.62 Å². The molecule has 24 heavy (non-hydrogen) atoms. The first-order chi connectivity index (χ1) is 11.3. The number of sulfonamides is 1. The summed E-state index contributed by atoms with van der Waals surface area (Å²) in [5, 5.41) is 0. The van der Waals surface area contributed by atoms with Crippen LogP contribution in [0.4, 0.5) is 14.9 Å². The molecule has 2 aromatic rings. The Morgan fingerprint density at radius 2 is 2.00 bits per heavy atom. The Morgan fingerprint density at radius 1 is 1.29 bits per heavy atom. The van der Waals surface area contributed by atoms with Crippen molar-refractivity contribution in [2.45, 2.75) is 10.3 Å². The fraction of sp³-hybridized carbons (Fsp3) is 0.214. The number of halogens is 2. The van der Waals surface area contributed by atoms with Crippen molar-refractivity contribution < 1.29 is 22.3 Å². The Morgan fingerprint density at radius 3 is 2.62 bits per heavy atom. The quantitative estimate of drug-likeness (QED) is 0.851. The largest absolute Gasteiger partial charge is 0.443 e. The first-order valence-corrected chi connectivity index (χ1v) is 9.51. The minimum atomic E-state index is -3.71. The second kappa shape index (κ2) is 6.67. The van der Waals surface area contributed by atoms with E-state index >= 15 is 0 Å². The van der Waals surface area contributed by atoms with Gasteiger partial charge in [-0.3, -0.25) is 4.90 Å². The number of thiophene rings is 1. The first-order valence-electron chi connectivity index (χ1n) is 6.84. The number of nitrogens with zero attached hydrogens (tertiary/aromatic N) is 1. The third kappa shape index (κ3) is 3.69. The maximum absolute atomic E-state index is 12.9. The highest BCUT2D eigenvalue weighted by molar-refractivity contribution is 7.91. The number of carbonyl (C=O) groups excluding carboxylic acids is 1. The van der Waals surface area contributed by atoms with Gasteiger partial charge in [0.15, 0.2) is 0 Å². The number of rotatable bonds is 5. The zero-order chi connectivity index (χ0) is 17.3. The molecule has 1 aliphatic rings. The number of nitrogens with one attached hydrogen (secondary N) is 1. The molecule has 1 aliphatic heterocycles. The first kappa shape index (κ1) is 17.2. The van der Waals surface area contributed by atoms with E-state index in [9.17, 15) is 17.6 Å². The molecule has 1 aromatic carbocycles. The summed E-state index contributed by atoms with van der Waals surface area (Å²) in [5.41, 5.74) is 0.483. The SMILES string of the molecule is O=C1OC(CNS(=O)(=O)c2ccc(Cl)s2)CN1c1ccc(F)cc1. The Kier molecular flexibility index (Phi) is 4.77. The number of anilines is 1. The highest BCUT2D eigenvalue weighted by atomic mass is 35.5. The fourth-order valence-electron chi connectivity index (χ4n) is 2.18. The monoisotopic (exact) mass is 390 g/mol. The molecule has 1 N–H and O–H groups in total. The molecule has 1 unspecified atom stereocenters. The predicted octanol–water partition coefficient (Wildman–Crippen LogP) is 2.84. The van der Waals surface area contributed by atoms with Crippen molar-refractivity contribution in [2.75, 3.05) is 18.0 Å². The van der Waals surface area contributed by atoms with Crippen LogP contribution >= 0.6 is 22.9 Å². The van der Waals surface area contributed by atoms with E-state index in [0.717, 1.165) is 11.3 Å². The van der Waals surface area contributed by atoms with Crippen molar-refractivity contribution in [3.8, 4) is 0 Å². The Bertz CT molecular complexity index is 854. The average molecular weight is 391 g/mol. The van der Waals surface area contributed by atoms with Crippen LogP contribution in [0.1, 0.15) is 0 Å². The van der Waals surface area contributed by atoms with Gasteiger partial charge in [-0.2, -0.15) is 0 Å². The van der Waals surface area contributed by atoms with Crippen LogP contribution in [0, 0.1) is 5.82 Å². The van der Waals surface area contributed by atoms with E-state index in [2.05, 4.69) is 4.72 Å². The molecule has 0 bridgehead atoms. The number of cyclic esters (lactones) is 1. The van der Waals surface area contributed by atoms with Crippen LogP contribution in [0.15, 0.2) is 40.6 Å². The third-order valence-electron chi connectivity index (χ3n) is 3.33. The van der Waals surface area contributed by atoms with Gasteiger partial charge >= 0.3 is 6.09 Å². The summed E-state index contributed by atoms with van der Waals surface area (Å²) in [7, 11) is -3.71. The molecule has 10 heteroatoms. The van der Waals surface area contributed by atoms with Crippen LogP contribution in [0.3, 0.4) is 0 Å². The number of ether oxygens (including phenoxy) is 1. The van der Waals surface area contributed by atoms with Crippen molar-refractivity contribution >= 4 is 44.7 Å². The molecule has 0 saturated carbocycles. The highest BCUT2D eigenvalue weighted by Crippen LogP contribution is 2.26. The van der Waals surface area contributed by atoms with E-state index in [0.29, 0.717) is 10.0 Å². The van der Waals surface area contributed by atoms with E-state index in [1.54, 1.807) is 0 Å². The molecular formula is C14H12ClFN2O4S2. The lowest BCUT2D eigenvalue weighted by molar-refractivity contribution is 0.143. The number of amides is 1. The van der Waals surface area contributed by atoms with Crippen molar-refractivity contribution in [1.82, 2.24) is 4.72 Å². The summed E-state index contributed by atoms with van der Waals surface area (Å²) in [6.45, 7) is 0.0967. The summed E-state index contributed by atoms with van der Waals surface area (Å²) in [5.74, 6) is -0.412. The minimum absolute atomic E-state index is 0.0682. The average Bonchev–Trinajstić information content (AvgIpc) is 3.13. The summed E-state index contributed by atoms with van der Waals surface area (Å²) >= 11 is 6.67. The molecule has 2 heterocycles. The van der Waals surface area contributed by atoms with Gasteiger partial charge in [0.2, 0.25) is 10.0 Å². The van der Waals surface area contributed by atoms with Crippen LogP contribution in [-0.4, -0.2) is 33.7 Å². The standard InChI is InChI=1S/C14H12ClFN2O4S2/c15-12-5-6-13(23-12)24(20,21)17-7-11-8-18(14(19)22-11)10-3-1-9(16)2-4-10/h1-6,11,17H,7-8H2. The lowest BCUT2D eigenvalue weighted by Gasteiger charge is -2.12. The van der Waals surface area contributed by atoms with Crippen molar-refractivity contribution in [1.29, 1.82) is 0 Å². The molecule has 0 aliphatic carbocycles. The van der Waals surface area contributed by atoms with Crippen LogP contribution in [0.2, 0.25) is 4.34 Å². The second-order valence-electron chi connectivity index (χ2n) is 5.00. The number of benzene rings is 1. The summed E-state index contributed by atoms with van der Waals surface area (Å²) in [6.07, 6.45) is -1.25. The maximum Gasteiger partial charge on any atom is 0.414 e. The molecule has 1 atom stereocenters. The van der Waals surface area contributed by atoms with E-state index < -0.39 is 28.0 Å². The van der Waals surface area contributed by atoms with Crippen molar-refractivity contribution in [3.05, 3.63) is 46.6 Å². The van der Waals surface area contributed by atoms with E-state index in [1.165, 1.54) is 41.3 Å². The van der Waals surface area contributed by atoms with Gasteiger partial charge in [-0.25, -0.2) is 22.3 Å². The summed E-state index contributed by atoms with van der Waals surface area (Å²) < 4.78 is 45.2. The number of carbonyl (C=O) groups is 1. The molecule has 1 aromatic heterocycles. The second-order valence-corrected chi connectivity index (χ2v) is 8.71. The molecule has 1 saturated heterocycles. The van der Waals surface area contributed by atoms with E-state index in [-0.39, 0.29) is 17.3 Å². The zero-order valence-corrected chi connectivity index (χ0v) is 14.5. The summed E-state index contributed by atoms with van der Waals surface area (Å²) in [4.78, 5) is 13.2. The van der Waals surface area contributed by atoms with Crippen LogP contribution in [-0.2, 0) is 14.8 Å². The molecule has 128 valence electrons. The lowest BCUT2D eigenvalue weighted by Crippen LogP contribution is -2.34. The third-order valence-corrected chi connectivity index (χ3v) is 6.47. The Hall–Kier alpha value is -1.68. The fourth-order valence-corrected chi connectivity index (χ4v) is 4.77. The molecular weight excluding hydrogens is 379 g/mol. The molecule has 0 spiro atoms. The lowest BCUT2D eigenvalue weighted by atomic mass is 10.2. The van der Waals surface area contributed by atoms with Crippen LogP contribution in [0.25, 0.3) is 0 Å². The topological polar surface area (TPSA) is 75.7 Å². The van der Waals surface area contributed by atoms with E-state index in [1.807, 2.05) is 0 Å². The normalized spacial score (nSPS) is 18.0. The van der Waals surface area contributed by atoms with Gasteiger partial charge in [-0.05, 0) is 36.4 Å². The van der Waals surface area contributed by atoms with Gasteiger partial charge in [0.05, 0.1) is 10.9 Å². The van der Waals surface area contributed by atoms with Gasteiger partial charge in [0.25, 0.3) is 0 Å². The Labute approximate surface area is 146 Å². The van der Waals surface area contributed by atoms with Gasteiger partial charge in [0, 0.05) is 12.2 Å². The van der Waals surface area contributed by atoms with Gasteiger partial charge in [-0.1, -0.05) is 11.6 Å². The van der Waals surface area contributed by atoms with Crippen molar-refractivity contribution in [3.63, 3.8) is 0 Å². The molecule has 1 fully saturated rings. The molecule has 1 amide bonds. The molecule has 6 nitrogen and oxygen atoms in total. The van der Waals surface area contributed by atoms with Gasteiger partial charge in [-0.15, -0.1) is 11.3 Å². The van der Waals surface area contributed by atoms with Gasteiger partial charge in [0.1, 0.15) is 16.1 Å². The Balaban J connectivity index is 1.63. The van der Waals surface area contributed by atoms with Crippen molar-refractivity contribution in [2.24, 2.45) is 0 Å². The van der Waals surface area contributed by atoms with Crippen LogP contribution in [0.5, 0.6) is 0 Å². The van der Waals surface area contributed by atoms with Gasteiger partial charge < -0.3 is 4.74 Å². The number of hydrogen-bond acceptors (Lipinski definition) is 5. The molecule has 0 radical (unpaired) electrons. The van der Waals surface area contributed by atoms with E-state index in [4.69, 9.17) is 16.3 Å². The highest BCUT2D eigenvalue weighted by Gasteiger charge is 2.33. The number of hydrogen-bond donors (Lipinski definition) is 1. The predicted molar refractivity (Wildman–Crippen MR) is 88.5 cm³/mol. The molecule has 3 rings (SSSR count).